The van der Waals surface area contributed by atoms with Gasteiger partial charge in [0.25, 0.3) is 0 Å². The van der Waals surface area contributed by atoms with Gasteiger partial charge in [-0.1, -0.05) is 4.73 Å². The Morgan fingerprint density at radius 3 is 2.50 bits per heavy atom. The molecule has 18 heavy (non-hydrogen) atoms. The van der Waals surface area contributed by atoms with Crippen molar-refractivity contribution in [3.05, 3.63) is 36.6 Å². The lowest BCUT2D eigenvalue weighted by molar-refractivity contribution is -0.388. The predicted molar refractivity (Wildman–Crippen MR) is 61.6 cm³/mol. The van der Waals surface area contributed by atoms with Crippen LogP contribution >= 0.6 is 0 Å². The van der Waals surface area contributed by atoms with Crippen molar-refractivity contribution in [2.75, 3.05) is 7.11 Å². The van der Waals surface area contributed by atoms with Crippen LogP contribution in [0, 0.1) is 23.0 Å². The average molecular weight is 255 g/mol. The molecule has 0 aromatic carbocycles. The van der Waals surface area contributed by atoms with Crippen LogP contribution in [0.15, 0.2) is 9.59 Å². The van der Waals surface area contributed by atoms with E-state index in [9.17, 15) is 19.7 Å². The molecule has 0 radical (unpaired) electrons. The minimum atomic E-state index is -1.03. The lowest BCUT2D eigenvalue weighted by Gasteiger charge is -2.11. The number of hydrogen-bond acceptors (Lipinski definition) is 5. The molecule has 1 aromatic heterocycles. The van der Waals surface area contributed by atoms with Gasteiger partial charge in [0, 0.05) is 6.54 Å². The second-order valence-electron chi connectivity index (χ2n) is 4.31. The molecule has 8 heteroatoms. The molecule has 0 saturated heterocycles. The zero-order chi connectivity index (χ0) is 13.4. The van der Waals surface area contributed by atoms with Crippen LogP contribution in [0.25, 0.3) is 0 Å². The third-order valence-corrected chi connectivity index (χ3v) is 3.04. The highest BCUT2D eigenvalue weighted by Crippen LogP contribution is 2.30. The first-order valence-electron chi connectivity index (χ1n) is 5.52. The molecular weight excluding hydrogens is 242 g/mol. The number of nitrogens with zero attached hydrogens (tertiary/aromatic N) is 3. The number of aromatic nitrogens is 2. The SMILES string of the molecule is COn1c(=O)c([N+](=O)[O-])c(C)n(CC2CC2)c1=O. The second kappa shape index (κ2) is 4.28. The molecular formula is C10H13N3O5. The van der Waals surface area contributed by atoms with Crippen LogP contribution in [0.1, 0.15) is 18.5 Å². The summed E-state index contributed by atoms with van der Waals surface area (Å²) in [5.41, 5.74) is -2.23. The molecule has 0 atom stereocenters. The van der Waals surface area contributed by atoms with Gasteiger partial charge >= 0.3 is 16.9 Å². The third kappa shape index (κ3) is 1.89. The summed E-state index contributed by atoms with van der Waals surface area (Å²) in [7, 11) is 1.13. The number of rotatable bonds is 4. The first kappa shape index (κ1) is 12.3. The molecule has 0 unspecified atom stereocenters. The van der Waals surface area contributed by atoms with Crippen LogP contribution in [0.5, 0.6) is 0 Å². The van der Waals surface area contributed by atoms with E-state index >= 15 is 0 Å². The van der Waals surface area contributed by atoms with Gasteiger partial charge in [0.2, 0.25) is 0 Å². The molecule has 98 valence electrons. The van der Waals surface area contributed by atoms with E-state index < -0.39 is 21.9 Å². The second-order valence-corrected chi connectivity index (χ2v) is 4.31. The highest BCUT2D eigenvalue weighted by molar-refractivity contribution is 5.31. The molecule has 2 rings (SSSR count). The zero-order valence-corrected chi connectivity index (χ0v) is 10.1. The Hall–Kier alpha value is -2.12. The van der Waals surface area contributed by atoms with Crippen LogP contribution in [0.3, 0.4) is 0 Å². The lowest BCUT2D eigenvalue weighted by atomic mass is 10.3. The van der Waals surface area contributed by atoms with Crippen molar-refractivity contribution >= 4 is 5.69 Å². The molecule has 0 bridgehead atoms. The molecule has 1 fully saturated rings. The van der Waals surface area contributed by atoms with Crippen molar-refractivity contribution in [2.24, 2.45) is 5.92 Å². The predicted octanol–water partition coefficient (Wildman–Crippen LogP) is -0.305. The van der Waals surface area contributed by atoms with E-state index in [0.717, 1.165) is 20.0 Å². The molecule has 1 aliphatic rings. The summed E-state index contributed by atoms with van der Waals surface area (Å²) in [5.74, 6) is 0.351. The number of nitro groups is 1. The van der Waals surface area contributed by atoms with Crippen LogP contribution in [0.2, 0.25) is 0 Å². The molecule has 0 spiro atoms. The summed E-state index contributed by atoms with van der Waals surface area (Å²) in [6.07, 6.45) is 1.98. The summed E-state index contributed by atoms with van der Waals surface area (Å²) in [6.45, 7) is 1.79. The minimum Gasteiger partial charge on any atom is -0.409 e. The highest BCUT2D eigenvalue weighted by atomic mass is 16.7. The molecule has 0 amide bonds. The standard InChI is InChI=1S/C10H13N3O5/c1-6-8(13(16)17)9(14)12(18-2)10(15)11(6)5-7-3-4-7/h7H,3-5H2,1-2H3. The topological polar surface area (TPSA) is 96.4 Å². The van der Waals surface area contributed by atoms with Crippen molar-refractivity contribution in [1.29, 1.82) is 0 Å². The summed E-state index contributed by atoms with van der Waals surface area (Å²) >= 11 is 0. The van der Waals surface area contributed by atoms with E-state index in [2.05, 4.69) is 4.84 Å². The van der Waals surface area contributed by atoms with Gasteiger partial charge in [-0.25, -0.2) is 4.79 Å². The van der Waals surface area contributed by atoms with E-state index in [-0.39, 0.29) is 5.69 Å². The van der Waals surface area contributed by atoms with Gasteiger partial charge in [-0.05, 0) is 25.7 Å². The van der Waals surface area contributed by atoms with Crippen molar-refractivity contribution in [1.82, 2.24) is 9.30 Å². The molecule has 1 heterocycles. The smallest absolute Gasteiger partial charge is 0.367 e. The van der Waals surface area contributed by atoms with E-state index in [0.29, 0.717) is 17.2 Å². The first-order valence-corrected chi connectivity index (χ1v) is 5.52. The van der Waals surface area contributed by atoms with Gasteiger partial charge in [0.15, 0.2) is 0 Å². The van der Waals surface area contributed by atoms with Crippen LogP contribution < -0.4 is 16.1 Å². The third-order valence-electron chi connectivity index (χ3n) is 3.04. The normalized spacial score (nSPS) is 14.6. The Kier molecular flexibility index (Phi) is 2.93. The van der Waals surface area contributed by atoms with Gasteiger partial charge in [0.1, 0.15) is 12.8 Å². The Morgan fingerprint density at radius 1 is 1.44 bits per heavy atom. The monoisotopic (exact) mass is 255 g/mol. The fourth-order valence-corrected chi connectivity index (χ4v) is 1.86. The molecule has 0 N–H and O–H groups in total. The van der Waals surface area contributed by atoms with Gasteiger partial charge in [-0.3, -0.25) is 19.5 Å². The molecule has 1 saturated carbocycles. The fraction of sp³-hybridized carbons (Fsp3) is 0.600. The van der Waals surface area contributed by atoms with Crippen molar-refractivity contribution in [3.63, 3.8) is 0 Å². The van der Waals surface area contributed by atoms with Gasteiger partial charge in [-0.15, -0.1) is 0 Å². The average Bonchev–Trinajstić information content (AvgIpc) is 3.08. The highest BCUT2D eigenvalue weighted by Gasteiger charge is 2.29. The summed E-state index contributed by atoms with van der Waals surface area (Å²) in [6, 6.07) is 0. The van der Waals surface area contributed by atoms with E-state index in [1.165, 1.54) is 11.5 Å². The maximum atomic E-state index is 12.0. The molecule has 0 aliphatic heterocycles. The van der Waals surface area contributed by atoms with Crippen LogP contribution in [-0.4, -0.2) is 21.3 Å². The fourth-order valence-electron chi connectivity index (χ4n) is 1.86. The Balaban J connectivity index is 2.71. The van der Waals surface area contributed by atoms with Crippen LogP contribution in [0.4, 0.5) is 5.69 Å². The van der Waals surface area contributed by atoms with Gasteiger partial charge in [-0.2, -0.15) is 0 Å². The Morgan fingerprint density at radius 2 is 2.06 bits per heavy atom. The number of hydrogen-bond donors (Lipinski definition) is 0. The van der Waals surface area contributed by atoms with Gasteiger partial charge in [0.05, 0.1) is 4.92 Å². The van der Waals surface area contributed by atoms with Crippen LogP contribution in [-0.2, 0) is 6.54 Å². The Bertz CT molecular complexity index is 611. The first-order chi connectivity index (χ1) is 8.47. The maximum Gasteiger partial charge on any atom is 0.367 e. The molecule has 1 aliphatic carbocycles. The zero-order valence-electron chi connectivity index (χ0n) is 10.1. The lowest BCUT2D eigenvalue weighted by Crippen LogP contribution is -2.44. The van der Waals surface area contributed by atoms with E-state index in [1.54, 1.807) is 0 Å². The summed E-state index contributed by atoms with van der Waals surface area (Å²) < 4.78 is 1.66. The van der Waals surface area contributed by atoms with E-state index in [4.69, 9.17) is 0 Å². The largest absolute Gasteiger partial charge is 0.409 e. The Labute approximate surface area is 102 Å². The van der Waals surface area contributed by atoms with Crippen molar-refractivity contribution in [2.45, 2.75) is 26.3 Å². The maximum absolute atomic E-state index is 12.0. The molecule has 8 nitrogen and oxygen atoms in total. The summed E-state index contributed by atoms with van der Waals surface area (Å²) in [4.78, 5) is 38.4. The quantitative estimate of drug-likeness (QED) is 0.543. The minimum absolute atomic E-state index is 0.0789. The van der Waals surface area contributed by atoms with E-state index in [1.807, 2.05) is 0 Å². The van der Waals surface area contributed by atoms with Crippen molar-refractivity contribution < 1.29 is 9.76 Å². The molecule has 1 aromatic rings. The van der Waals surface area contributed by atoms with Crippen molar-refractivity contribution in [3.8, 4) is 0 Å². The van der Waals surface area contributed by atoms with Gasteiger partial charge < -0.3 is 4.84 Å². The summed E-state index contributed by atoms with van der Waals surface area (Å²) in [5, 5.41) is 10.9.